The van der Waals surface area contributed by atoms with Crippen LogP contribution < -0.4 is 10.9 Å². The molecule has 0 unspecified atom stereocenters. The number of carbonyl (C=O) groups excluding carboxylic acids is 1. The van der Waals surface area contributed by atoms with Gasteiger partial charge < -0.3 is 14.7 Å². The third kappa shape index (κ3) is 4.53. The lowest BCUT2D eigenvalue weighted by molar-refractivity contribution is -0.125. The molecule has 0 radical (unpaired) electrons. The van der Waals surface area contributed by atoms with E-state index in [-0.39, 0.29) is 11.5 Å². The third-order valence-electron chi connectivity index (χ3n) is 4.37. The summed E-state index contributed by atoms with van der Waals surface area (Å²) >= 11 is 13.5. The first-order valence-corrected chi connectivity index (χ1v) is 10.3. The molecule has 1 N–H and O–H groups in total. The number of nitrogens with one attached hydrogen (secondary N) is 1. The summed E-state index contributed by atoms with van der Waals surface area (Å²) in [6, 6.07) is 13.9. The molecule has 1 amide bonds. The van der Waals surface area contributed by atoms with Gasteiger partial charge in [0.05, 0.1) is 21.4 Å². The summed E-state index contributed by atoms with van der Waals surface area (Å²) in [4.78, 5) is 30.9. The van der Waals surface area contributed by atoms with Crippen LogP contribution in [0, 0.1) is 0 Å². The summed E-state index contributed by atoms with van der Waals surface area (Å²) in [5.74, 6) is -0.339. The Morgan fingerprint density at radius 3 is 2.79 bits per heavy atom. The Bertz CT molecular complexity index is 1160. The maximum Gasteiger partial charge on any atom is 0.268 e. The van der Waals surface area contributed by atoms with Crippen LogP contribution in [0.5, 0.6) is 0 Å². The Labute approximate surface area is 180 Å². The SMILES string of the molecule is O=C(Nc1ccc(=O)n(Cc2ccccc2Cl)c1)[C@@H]1CC(c2ccc(Cl)s2)=NO1. The van der Waals surface area contributed by atoms with Crippen molar-refractivity contribution in [1.29, 1.82) is 0 Å². The number of thiophene rings is 1. The normalized spacial score (nSPS) is 15.7. The molecule has 0 bridgehead atoms. The van der Waals surface area contributed by atoms with Gasteiger partial charge in [-0.05, 0) is 29.8 Å². The zero-order valence-electron chi connectivity index (χ0n) is 15.0. The summed E-state index contributed by atoms with van der Waals surface area (Å²) in [6.07, 6.45) is 1.19. The van der Waals surface area contributed by atoms with Gasteiger partial charge in [-0.1, -0.05) is 46.6 Å². The number of hydrogen-bond donors (Lipinski definition) is 1. The molecule has 0 spiro atoms. The van der Waals surface area contributed by atoms with E-state index in [9.17, 15) is 9.59 Å². The number of nitrogens with zero attached hydrogens (tertiary/aromatic N) is 2. The number of benzene rings is 1. The number of anilines is 1. The molecule has 9 heteroatoms. The van der Waals surface area contributed by atoms with Crippen molar-refractivity contribution in [2.24, 2.45) is 5.16 Å². The first kappa shape index (κ1) is 19.7. The van der Waals surface area contributed by atoms with Crippen molar-refractivity contribution in [2.45, 2.75) is 19.1 Å². The smallest absolute Gasteiger partial charge is 0.268 e. The van der Waals surface area contributed by atoms with Gasteiger partial charge in [0.15, 0.2) is 0 Å². The average molecular weight is 448 g/mol. The molecule has 2 aromatic heterocycles. The van der Waals surface area contributed by atoms with Gasteiger partial charge in [0.1, 0.15) is 5.71 Å². The van der Waals surface area contributed by atoms with E-state index in [0.29, 0.717) is 33.7 Å². The highest BCUT2D eigenvalue weighted by Gasteiger charge is 2.29. The Kier molecular flexibility index (Phi) is 5.71. The summed E-state index contributed by atoms with van der Waals surface area (Å²) in [5, 5.41) is 7.35. The first-order valence-electron chi connectivity index (χ1n) is 8.73. The van der Waals surface area contributed by atoms with Crippen molar-refractivity contribution in [3.8, 4) is 0 Å². The molecule has 1 aromatic carbocycles. The third-order valence-corrected chi connectivity index (χ3v) is 6.02. The summed E-state index contributed by atoms with van der Waals surface area (Å²) < 4.78 is 2.14. The van der Waals surface area contributed by atoms with Crippen molar-refractivity contribution in [3.05, 3.63) is 84.9 Å². The lowest BCUT2D eigenvalue weighted by Gasteiger charge is -2.12. The predicted octanol–water partition coefficient (Wildman–Crippen LogP) is 4.40. The fourth-order valence-corrected chi connectivity index (χ4v) is 4.12. The van der Waals surface area contributed by atoms with Gasteiger partial charge in [-0.15, -0.1) is 11.3 Å². The van der Waals surface area contributed by atoms with E-state index < -0.39 is 6.10 Å². The van der Waals surface area contributed by atoms with Gasteiger partial charge in [0, 0.05) is 23.7 Å². The van der Waals surface area contributed by atoms with Crippen LogP contribution in [0.1, 0.15) is 16.9 Å². The number of halogens is 2. The molecule has 0 aliphatic carbocycles. The summed E-state index contributed by atoms with van der Waals surface area (Å²) in [6.45, 7) is 0.300. The number of aromatic nitrogens is 1. The molecule has 0 fully saturated rings. The molecule has 1 atom stereocenters. The second-order valence-electron chi connectivity index (χ2n) is 6.40. The number of amides is 1. The van der Waals surface area contributed by atoms with Gasteiger partial charge in [0.2, 0.25) is 6.10 Å². The summed E-state index contributed by atoms with van der Waals surface area (Å²) in [7, 11) is 0. The molecule has 3 heterocycles. The zero-order chi connectivity index (χ0) is 20.4. The van der Waals surface area contributed by atoms with Crippen molar-refractivity contribution in [1.82, 2.24) is 4.57 Å². The predicted molar refractivity (Wildman–Crippen MR) is 115 cm³/mol. The van der Waals surface area contributed by atoms with Crippen LogP contribution >= 0.6 is 34.5 Å². The van der Waals surface area contributed by atoms with E-state index >= 15 is 0 Å². The zero-order valence-corrected chi connectivity index (χ0v) is 17.3. The van der Waals surface area contributed by atoms with Crippen LogP contribution in [0.15, 0.2) is 64.7 Å². The minimum atomic E-state index is -0.741. The van der Waals surface area contributed by atoms with Crippen LogP contribution in [0.4, 0.5) is 5.69 Å². The largest absolute Gasteiger partial charge is 0.382 e. The molecule has 0 saturated carbocycles. The number of rotatable bonds is 5. The molecule has 29 heavy (non-hydrogen) atoms. The first-order chi connectivity index (χ1) is 14.0. The second kappa shape index (κ2) is 8.41. The van der Waals surface area contributed by atoms with Crippen molar-refractivity contribution in [2.75, 3.05) is 5.32 Å². The Morgan fingerprint density at radius 2 is 2.03 bits per heavy atom. The molecule has 148 valence electrons. The van der Waals surface area contributed by atoms with Crippen molar-refractivity contribution in [3.63, 3.8) is 0 Å². The van der Waals surface area contributed by atoms with Gasteiger partial charge in [-0.25, -0.2) is 0 Å². The topological polar surface area (TPSA) is 72.7 Å². The Balaban J connectivity index is 1.44. The second-order valence-corrected chi connectivity index (χ2v) is 8.53. The van der Waals surface area contributed by atoms with Crippen LogP contribution in [-0.2, 0) is 16.2 Å². The maximum atomic E-state index is 12.6. The van der Waals surface area contributed by atoms with E-state index in [1.807, 2.05) is 24.3 Å². The lowest BCUT2D eigenvalue weighted by Crippen LogP contribution is -2.29. The fraction of sp³-hybridized carbons (Fsp3) is 0.150. The van der Waals surface area contributed by atoms with E-state index in [2.05, 4.69) is 10.5 Å². The minimum Gasteiger partial charge on any atom is -0.382 e. The van der Waals surface area contributed by atoms with Gasteiger partial charge >= 0.3 is 0 Å². The molecule has 1 aliphatic heterocycles. The van der Waals surface area contributed by atoms with Crippen LogP contribution in [-0.4, -0.2) is 22.3 Å². The number of oxime groups is 1. The lowest BCUT2D eigenvalue weighted by atomic mass is 10.1. The number of carbonyl (C=O) groups is 1. The van der Waals surface area contributed by atoms with E-state index in [4.69, 9.17) is 28.0 Å². The van der Waals surface area contributed by atoms with Gasteiger partial charge in [-0.2, -0.15) is 0 Å². The van der Waals surface area contributed by atoms with Crippen LogP contribution in [0.2, 0.25) is 9.36 Å². The molecule has 3 aromatic rings. The molecule has 0 saturated heterocycles. The molecule has 6 nitrogen and oxygen atoms in total. The van der Waals surface area contributed by atoms with E-state index in [1.165, 1.54) is 22.0 Å². The van der Waals surface area contributed by atoms with Crippen LogP contribution in [0.3, 0.4) is 0 Å². The van der Waals surface area contributed by atoms with Gasteiger partial charge in [-0.3, -0.25) is 9.59 Å². The molecular weight excluding hydrogens is 433 g/mol. The molecule has 4 rings (SSSR count). The highest BCUT2D eigenvalue weighted by atomic mass is 35.5. The van der Waals surface area contributed by atoms with Gasteiger partial charge in [0.25, 0.3) is 11.5 Å². The number of hydrogen-bond acceptors (Lipinski definition) is 5. The minimum absolute atomic E-state index is 0.194. The highest BCUT2D eigenvalue weighted by molar-refractivity contribution is 7.18. The fourth-order valence-electron chi connectivity index (χ4n) is 2.89. The van der Waals surface area contributed by atoms with Crippen LogP contribution in [0.25, 0.3) is 0 Å². The standard InChI is InChI=1S/C20H15Cl2N3O3S/c21-14-4-2-1-3-12(14)10-25-11-13(5-8-19(25)26)23-20(27)16-9-15(24-28-16)17-6-7-18(22)29-17/h1-8,11,16H,9-10H2,(H,23,27)/t16-/m0/s1. The average Bonchev–Trinajstić information content (AvgIpc) is 3.35. The molecular formula is C20H15Cl2N3O3S. The van der Waals surface area contributed by atoms with Crippen molar-refractivity contribution < 1.29 is 9.63 Å². The highest BCUT2D eigenvalue weighted by Crippen LogP contribution is 2.26. The maximum absolute atomic E-state index is 12.6. The van der Waals surface area contributed by atoms with Crippen molar-refractivity contribution >= 4 is 51.8 Å². The Morgan fingerprint density at radius 1 is 1.21 bits per heavy atom. The molecule has 1 aliphatic rings. The summed E-state index contributed by atoms with van der Waals surface area (Å²) in [5.41, 5.74) is 1.79. The quantitative estimate of drug-likeness (QED) is 0.629. The number of pyridine rings is 1. The van der Waals surface area contributed by atoms with E-state index in [1.54, 1.807) is 24.4 Å². The Hall–Kier alpha value is -2.61. The van der Waals surface area contributed by atoms with E-state index in [0.717, 1.165) is 10.4 Å². The monoisotopic (exact) mass is 447 g/mol.